The molecule has 0 radical (unpaired) electrons. The standard InChI is InChI=1S/C11H17N3O/c1-4-12-10-7-9(5-6-13-10)11(15)14-8(2)3/h5-8H,4H2,1-3H3,(H,12,13)(H,14,15). The molecule has 4 heteroatoms. The lowest BCUT2D eigenvalue weighted by molar-refractivity contribution is 0.0943. The molecule has 0 bridgehead atoms. The molecule has 1 heterocycles. The summed E-state index contributed by atoms with van der Waals surface area (Å²) in [6.45, 7) is 6.65. The zero-order valence-electron chi connectivity index (χ0n) is 9.37. The van der Waals surface area contributed by atoms with Gasteiger partial charge >= 0.3 is 0 Å². The molecule has 0 spiro atoms. The Bertz CT molecular complexity index is 336. The molecule has 4 nitrogen and oxygen atoms in total. The summed E-state index contributed by atoms with van der Waals surface area (Å²) in [5.74, 6) is 0.667. The van der Waals surface area contributed by atoms with Crippen LogP contribution in [0.15, 0.2) is 18.3 Å². The first-order valence-corrected chi connectivity index (χ1v) is 5.14. The first-order valence-electron chi connectivity index (χ1n) is 5.14. The third kappa shape index (κ3) is 3.58. The quantitative estimate of drug-likeness (QED) is 0.789. The molecule has 1 aromatic rings. The summed E-state index contributed by atoms with van der Waals surface area (Å²) < 4.78 is 0. The van der Waals surface area contributed by atoms with Gasteiger partial charge in [0.25, 0.3) is 5.91 Å². The van der Waals surface area contributed by atoms with Crippen molar-refractivity contribution in [3.63, 3.8) is 0 Å². The third-order valence-electron chi connectivity index (χ3n) is 1.80. The Morgan fingerprint density at radius 3 is 2.87 bits per heavy atom. The molecule has 82 valence electrons. The zero-order valence-corrected chi connectivity index (χ0v) is 9.37. The van der Waals surface area contributed by atoms with Crippen molar-refractivity contribution in [2.75, 3.05) is 11.9 Å². The summed E-state index contributed by atoms with van der Waals surface area (Å²) >= 11 is 0. The van der Waals surface area contributed by atoms with E-state index in [1.54, 1.807) is 18.3 Å². The monoisotopic (exact) mass is 207 g/mol. The van der Waals surface area contributed by atoms with Crippen LogP contribution in [0, 0.1) is 0 Å². The molecule has 1 aromatic heterocycles. The molecule has 0 aromatic carbocycles. The third-order valence-corrected chi connectivity index (χ3v) is 1.80. The second kappa shape index (κ2) is 5.34. The molecule has 2 N–H and O–H groups in total. The van der Waals surface area contributed by atoms with Crippen molar-refractivity contribution in [2.45, 2.75) is 26.8 Å². The number of hydrogen-bond donors (Lipinski definition) is 2. The van der Waals surface area contributed by atoms with Crippen molar-refractivity contribution in [3.8, 4) is 0 Å². The summed E-state index contributed by atoms with van der Waals surface area (Å²) in [5.41, 5.74) is 0.634. The summed E-state index contributed by atoms with van der Waals surface area (Å²) in [6, 6.07) is 3.60. The van der Waals surface area contributed by atoms with Gasteiger partial charge in [0, 0.05) is 24.3 Å². The van der Waals surface area contributed by atoms with Crippen LogP contribution < -0.4 is 10.6 Å². The zero-order chi connectivity index (χ0) is 11.3. The summed E-state index contributed by atoms with van der Waals surface area (Å²) in [7, 11) is 0. The smallest absolute Gasteiger partial charge is 0.251 e. The van der Waals surface area contributed by atoms with E-state index in [1.807, 2.05) is 20.8 Å². The van der Waals surface area contributed by atoms with Crippen molar-refractivity contribution >= 4 is 11.7 Å². The van der Waals surface area contributed by atoms with Crippen LogP contribution in [0.2, 0.25) is 0 Å². The molecule has 0 fully saturated rings. The molecule has 1 amide bonds. The highest BCUT2D eigenvalue weighted by Gasteiger charge is 2.07. The molecular formula is C11H17N3O. The van der Waals surface area contributed by atoms with Gasteiger partial charge in [-0.1, -0.05) is 0 Å². The van der Waals surface area contributed by atoms with Crippen LogP contribution in [0.1, 0.15) is 31.1 Å². The number of carbonyl (C=O) groups is 1. The van der Waals surface area contributed by atoms with Crippen molar-refractivity contribution in [2.24, 2.45) is 0 Å². The fourth-order valence-corrected chi connectivity index (χ4v) is 1.20. The van der Waals surface area contributed by atoms with Crippen LogP contribution >= 0.6 is 0 Å². The molecule has 0 saturated carbocycles. The molecule has 0 aliphatic heterocycles. The fourth-order valence-electron chi connectivity index (χ4n) is 1.20. The number of hydrogen-bond acceptors (Lipinski definition) is 3. The Balaban J connectivity index is 2.76. The Labute approximate surface area is 90.1 Å². The SMILES string of the molecule is CCNc1cc(C(=O)NC(C)C)ccn1. The first-order chi connectivity index (χ1) is 7.13. The minimum atomic E-state index is -0.0634. The number of pyridine rings is 1. The number of anilines is 1. The van der Waals surface area contributed by atoms with Crippen molar-refractivity contribution in [3.05, 3.63) is 23.9 Å². The number of aromatic nitrogens is 1. The number of nitrogens with zero attached hydrogens (tertiary/aromatic N) is 1. The van der Waals surface area contributed by atoms with E-state index in [0.29, 0.717) is 5.56 Å². The van der Waals surface area contributed by atoms with Gasteiger partial charge in [0.2, 0.25) is 0 Å². The van der Waals surface area contributed by atoms with Gasteiger partial charge < -0.3 is 10.6 Å². The summed E-state index contributed by atoms with van der Waals surface area (Å²) in [5, 5.41) is 5.90. The predicted octanol–water partition coefficient (Wildman–Crippen LogP) is 1.65. The molecular weight excluding hydrogens is 190 g/mol. The molecule has 0 saturated heterocycles. The van der Waals surface area contributed by atoms with Crippen molar-refractivity contribution in [1.29, 1.82) is 0 Å². The highest BCUT2D eigenvalue weighted by molar-refractivity contribution is 5.94. The summed E-state index contributed by atoms with van der Waals surface area (Å²) in [4.78, 5) is 15.7. The highest BCUT2D eigenvalue weighted by Crippen LogP contribution is 2.06. The lowest BCUT2D eigenvalue weighted by atomic mass is 10.2. The molecule has 0 aliphatic rings. The first kappa shape index (κ1) is 11.5. The van der Waals surface area contributed by atoms with Crippen LogP contribution in [0.4, 0.5) is 5.82 Å². The number of carbonyl (C=O) groups excluding carboxylic acids is 1. The second-order valence-corrected chi connectivity index (χ2v) is 3.59. The van der Waals surface area contributed by atoms with Crippen LogP contribution in [-0.2, 0) is 0 Å². The Hall–Kier alpha value is -1.58. The molecule has 1 rings (SSSR count). The lowest BCUT2D eigenvalue weighted by Gasteiger charge is -2.09. The van der Waals surface area contributed by atoms with Gasteiger partial charge in [-0.2, -0.15) is 0 Å². The van der Waals surface area contributed by atoms with Gasteiger partial charge in [-0.05, 0) is 32.9 Å². The lowest BCUT2D eigenvalue weighted by Crippen LogP contribution is -2.30. The molecule has 0 aliphatic carbocycles. The molecule has 15 heavy (non-hydrogen) atoms. The van der Waals surface area contributed by atoms with E-state index in [1.165, 1.54) is 0 Å². The van der Waals surface area contributed by atoms with E-state index in [-0.39, 0.29) is 11.9 Å². The van der Waals surface area contributed by atoms with E-state index in [9.17, 15) is 4.79 Å². The van der Waals surface area contributed by atoms with Crippen LogP contribution in [0.25, 0.3) is 0 Å². The predicted molar refractivity (Wildman–Crippen MR) is 61.0 cm³/mol. The number of amides is 1. The Morgan fingerprint density at radius 2 is 2.27 bits per heavy atom. The maximum Gasteiger partial charge on any atom is 0.251 e. The Morgan fingerprint density at radius 1 is 1.53 bits per heavy atom. The summed E-state index contributed by atoms with van der Waals surface area (Å²) in [6.07, 6.45) is 1.63. The van der Waals surface area contributed by atoms with Crippen molar-refractivity contribution in [1.82, 2.24) is 10.3 Å². The maximum atomic E-state index is 11.6. The van der Waals surface area contributed by atoms with Crippen molar-refractivity contribution < 1.29 is 4.79 Å². The minimum Gasteiger partial charge on any atom is -0.370 e. The normalized spacial score (nSPS) is 10.1. The van der Waals surface area contributed by atoms with Gasteiger partial charge in [-0.25, -0.2) is 4.98 Å². The maximum absolute atomic E-state index is 11.6. The van der Waals surface area contributed by atoms with Crippen LogP contribution in [0.5, 0.6) is 0 Å². The van der Waals surface area contributed by atoms with Crippen LogP contribution in [-0.4, -0.2) is 23.5 Å². The van der Waals surface area contributed by atoms with Gasteiger partial charge in [0.1, 0.15) is 5.82 Å². The van der Waals surface area contributed by atoms with Gasteiger partial charge in [-0.15, -0.1) is 0 Å². The molecule has 0 unspecified atom stereocenters. The number of rotatable bonds is 4. The molecule has 0 atom stereocenters. The number of nitrogens with one attached hydrogen (secondary N) is 2. The van der Waals surface area contributed by atoms with E-state index in [2.05, 4.69) is 15.6 Å². The average molecular weight is 207 g/mol. The topological polar surface area (TPSA) is 54.0 Å². The van der Waals surface area contributed by atoms with E-state index >= 15 is 0 Å². The second-order valence-electron chi connectivity index (χ2n) is 3.59. The Kier molecular flexibility index (Phi) is 4.09. The van der Waals surface area contributed by atoms with Crippen LogP contribution in [0.3, 0.4) is 0 Å². The highest BCUT2D eigenvalue weighted by atomic mass is 16.1. The van der Waals surface area contributed by atoms with Gasteiger partial charge in [0.15, 0.2) is 0 Å². The average Bonchev–Trinajstić information content (AvgIpc) is 2.17. The van der Waals surface area contributed by atoms with E-state index < -0.39 is 0 Å². The van der Waals surface area contributed by atoms with E-state index in [0.717, 1.165) is 12.4 Å². The van der Waals surface area contributed by atoms with Gasteiger partial charge in [-0.3, -0.25) is 4.79 Å². The largest absolute Gasteiger partial charge is 0.370 e. The minimum absolute atomic E-state index is 0.0634. The van der Waals surface area contributed by atoms with E-state index in [4.69, 9.17) is 0 Å². The van der Waals surface area contributed by atoms with Gasteiger partial charge in [0.05, 0.1) is 0 Å². The fraction of sp³-hybridized carbons (Fsp3) is 0.455.